The van der Waals surface area contributed by atoms with Gasteiger partial charge in [-0.05, 0) is 55.2 Å². The summed E-state index contributed by atoms with van der Waals surface area (Å²) in [6.45, 7) is 4.40. The largest absolute Gasteiger partial charge is 0.384 e. The summed E-state index contributed by atoms with van der Waals surface area (Å²) in [5.74, 6) is -0.292. The van der Waals surface area contributed by atoms with E-state index in [-0.39, 0.29) is 11.4 Å². The SMILES string of the molecule is Cc1cc2c(cc1Cl)C1(CCN(OC(=O)c3ccccc3)CC1)CN2. The number of carbonyl (C=O) groups excluding carboxylic acids is 1. The van der Waals surface area contributed by atoms with Crippen molar-refractivity contribution in [1.29, 1.82) is 0 Å². The van der Waals surface area contributed by atoms with Crippen LogP contribution in [0.15, 0.2) is 42.5 Å². The molecule has 0 radical (unpaired) electrons. The molecule has 0 bridgehead atoms. The van der Waals surface area contributed by atoms with Gasteiger partial charge in [-0.1, -0.05) is 29.8 Å². The smallest absolute Gasteiger partial charge is 0.357 e. The fourth-order valence-corrected chi connectivity index (χ4v) is 3.99. The Morgan fingerprint density at radius 2 is 1.92 bits per heavy atom. The number of halogens is 1. The van der Waals surface area contributed by atoms with Crippen molar-refractivity contribution in [3.05, 3.63) is 64.2 Å². The standard InChI is InChI=1S/C20H21ClN2O2/c1-14-11-18-16(12-17(14)21)20(13-22-18)7-9-23(10-8-20)25-19(24)15-5-3-2-4-6-15/h2-6,11-12,22H,7-10,13H2,1H3. The lowest BCUT2D eigenvalue weighted by atomic mass is 9.74. The molecule has 2 aromatic carbocycles. The van der Waals surface area contributed by atoms with Crippen LogP contribution in [0.2, 0.25) is 5.02 Å². The van der Waals surface area contributed by atoms with Gasteiger partial charge in [-0.3, -0.25) is 0 Å². The van der Waals surface area contributed by atoms with E-state index < -0.39 is 0 Å². The second-order valence-electron chi connectivity index (χ2n) is 6.95. The van der Waals surface area contributed by atoms with Gasteiger partial charge in [0, 0.05) is 35.8 Å². The molecule has 0 saturated carbocycles. The number of hydrogen-bond acceptors (Lipinski definition) is 4. The van der Waals surface area contributed by atoms with Crippen molar-refractivity contribution < 1.29 is 9.63 Å². The van der Waals surface area contributed by atoms with Crippen LogP contribution in [-0.2, 0) is 10.3 Å². The monoisotopic (exact) mass is 356 g/mol. The molecule has 1 spiro atoms. The summed E-state index contributed by atoms with van der Waals surface area (Å²) in [7, 11) is 0. The predicted octanol–water partition coefficient (Wildman–Crippen LogP) is 4.18. The first kappa shape index (κ1) is 16.4. The maximum absolute atomic E-state index is 12.2. The van der Waals surface area contributed by atoms with Crippen LogP contribution >= 0.6 is 11.6 Å². The molecule has 2 aliphatic heterocycles. The predicted molar refractivity (Wildman–Crippen MR) is 99.0 cm³/mol. The number of nitrogens with one attached hydrogen (secondary N) is 1. The van der Waals surface area contributed by atoms with Gasteiger partial charge in [-0.15, -0.1) is 5.06 Å². The lowest BCUT2D eigenvalue weighted by Gasteiger charge is -2.38. The van der Waals surface area contributed by atoms with Crippen LogP contribution in [0.25, 0.3) is 0 Å². The molecule has 1 saturated heterocycles. The Bertz CT molecular complexity index is 799. The van der Waals surface area contributed by atoms with Crippen molar-refractivity contribution in [2.45, 2.75) is 25.2 Å². The van der Waals surface area contributed by atoms with Crippen LogP contribution in [0, 0.1) is 6.92 Å². The second kappa shape index (κ2) is 6.36. The Balaban J connectivity index is 1.45. The first-order chi connectivity index (χ1) is 12.1. The van der Waals surface area contributed by atoms with E-state index in [4.69, 9.17) is 16.4 Å². The van der Waals surface area contributed by atoms with Gasteiger partial charge >= 0.3 is 5.97 Å². The number of benzene rings is 2. The normalized spacial score (nSPS) is 18.6. The molecule has 25 heavy (non-hydrogen) atoms. The summed E-state index contributed by atoms with van der Waals surface area (Å²) < 4.78 is 0. The number of anilines is 1. The van der Waals surface area contributed by atoms with Crippen molar-refractivity contribution in [3.8, 4) is 0 Å². The first-order valence-corrected chi connectivity index (χ1v) is 9.02. The number of nitrogens with zero attached hydrogens (tertiary/aromatic N) is 1. The highest BCUT2D eigenvalue weighted by Gasteiger charge is 2.42. The van der Waals surface area contributed by atoms with E-state index in [1.165, 1.54) is 11.3 Å². The minimum absolute atomic E-state index is 0.0856. The summed E-state index contributed by atoms with van der Waals surface area (Å²) in [6.07, 6.45) is 1.88. The molecule has 0 atom stereocenters. The summed E-state index contributed by atoms with van der Waals surface area (Å²) in [5, 5.41) is 6.13. The zero-order valence-corrected chi connectivity index (χ0v) is 15.0. The van der Waals surface area contributed by atoms with E-state index in [2.05, 4.69) is 17.4 Å². The van der Waals surface area contributed by atoms with Gasteiger partial charge in [0.25, 0.3) is 0 Å². The quantitative estimate of drug-likeness (QED) is 0.876. The molecule has 4 nitrogen and oxygen atoms in total. The first-order valence-electron chi connectivity index (χ1n) is 8.64. The number of hydroxylamine groups is 2. The van der Waals surface area contributed by atoms with E-state index in [1.54, 1.807) is 17.2 Å². The van der Waals surface area contributed by atoms with E-state index in [1.807, 2.05) is 25.1 Å². The molecule has 2 aliphatic rings. The molecule has 4 rings (SSSR count). The van der Waals surface area contributed by atoms with Gasteiger partial charge in [0.05, 0.1) is 5.56 Å². The van der Waals surface area contributed by atoms with Gasteiger partial charge in [0.15, 0.2) is 0 Å². The average Bonchev–Trinajstić information content (AvgIpc) is 2.96. The molecule has 5 heteroatoms. The summed E-state index contributed by atoms with van der Waals surface area (Å²) in [4.78, 5) is 17.8. The molecule has 0 unspecified atom stereocenters. The minimum Gasteiger partial charge on any atom is -0.384 e. The van der Waals surface area contributed by atoms with Crippen molar-refractivity contribution in [1.82, 2.24) is 5.06 Å². The van der Waals surface area contributed by atoms with Gasteiger partial charge in [0.1, 0.15) is 0 Å². The Hall–Kier alpha value is -2.04. The van der Waals surface area contributed by atoms with Crippen molar-refractivity contribution in [2.24, 2.45) is 0 Å². The highest BCUT2D eigenvalue weighted by atomic mass is 35.5. The third-order valence-corrected chi connectivity index (χ3v) is 5.80. The van der Waals surface area contributed by atoms with Crippen molar-refractivity contribution >= 4 is 23.3 Å². The van der Waals surface area contributed by atoms with E-state index in [9.17, 15) is 4.79 Å². The van der Waals surface area contributed by atoms with Gasteiger partial charge in [-0.2, -0.15) is 0 Å². The zero-order valence-electron chi connectivity index (χ0n) is 14.2. The maximum atomic E-state index is 12.2. The molecule has 0 aromatic heterocycles. The van der Waals surface area contributed by atoms with Crippen LogP contribution in [0.1, 0.15) is 34.3 Å². The molecular formula is C20H21ClN2O2. The summed E-state index contributed by atoms with van der Waals surface area (Å²) in [5.41, 5.74) is 4.26. The van der Waals surface area contributed by atoms with Crippen LogP contribution in [0.5, 0.6) is 0 Å². The fourth-order valence-electron chi connectivity index (χ4n) is 3.82. The third-order valence-electron chi connectivity index (χ3n) is 5.39. The molecule has 2 heterocycles. The Morgan fingerprint density at radius 1 is 1.20 bits per heavy atom. The Kier molecular flexibility index (Phi) is 4.18. The van der Waals surface area contributed by atoms with Crippen LogP contribution in [-0.4, -0.2) is 30.7 Å². The number of fused-ring (bicyclic) bond motifs is 2. The lowest BCUT2D eigenvalue weighted by Crippen LogP contribution is -2.44. The zero-order chi connectivity index (χ0) is 17.4. The molecule has 0 amide bonds. The van der Waals surface area contributed by atoms with Crippen LogP contribution in [0.4, 0.5) is 5.69 Å². The average molecular weight is 357 g/mol. The Morgan fingerprint density at radius 3 is 2.64 bits per heavy atom. The van der Waals surface area contributed by atoms with E-state index in [0.29, 0.717) is 5.56 Å². The number of piperidine rings is 1. The molecule has 130 valence electrons. The summed E-state index contributed by atoms with van der Waals surface area (Å²) >= 11 is 6.35. The van der Waals surface area contributed by atoms with Crippen LogP contribution < -0.4 is 5.32 Å². The molecular weight excluding hydrogens is 336 g/mol. The van der Waals surface area contributed by atoms with Crippen molar-refractivity contribution in [2.75, 3.05) is 25.0 Å². The third kappa shape index (κ3) is 3.00. The second-order valence-corrected chi connectivity index (χ2v) is 7.36. The molecule has 1 N–H and O–H groups in total. The molecule has 1 fully saturated rings. The number of aryl methyl sites for hydroxylation is 1. The van der Waals surface area contributed by atoms with E-state index in [0.717, 1.165) is 43.1 Å². The highest BCUT2D eigenvalue weighted by molar-refractivity contribution is 6.31. The lowest BCUT2D eigenvalue weighted by molar-refractivity contribution is -0.128. The Labute approximate surface area is 152 Å². The number of hydrogen-bond donors (Lipinski definition) is 1. The number of carbonyl (C=O) groups is 1. The van der Waals surface area contributed by atoms with Gasteiger partial charge < -0.3 is 10.2 Å². The highest BCUT2D eigenvalue weighted by Crippen LogP contribution is 2.45. The topological polar surface area (TPSA) is 41.6 Å². The maximum Gasteiger partial charge on any atom is 0.357 e. The number of rotatable bonds is 2. The minimum atomic E-state index is -0.292. The van der Waals surface area contributed by atoms with E-state index >= 15 is 0 Å². The van der Waals surface area contributed by atoms with Crippen molar-refractivity contribution in [3.63, 3.8) is 0 Å². The fraction of sp³-hybridized carbons (Fsp3) is 0.350. The van der Waals surface area contributed by atoms with Gasteiger partial charge in [-0.25, -0.2) is 4.79 Å². The molecule has 0 aliphatic carbocycles. The summed E-state index contributed by atoms with van der Waals surface area (Å²) in [6, 6.07) is 13.4. The van der Waals surface area contributed by atoms with Gasteiger partial charge in [0.2, 0.25) is 0 Å². The molecule has 2 aromatic rings. The van der Waals surface area contributed by atoms with Crippen LogP contribution in [0.3, 0.4) is 0 Å².